The van der Waals surface area contributed by atoms with E-state index in [1.807, 2.05) is 7.05 Å². The predicted molar refractivity (Wildman–Crippen MR) is 88.3 cm³/mol. The van der Waals surface area contributed by atoms with Crippen molar-refractivity contribution in [1.82, 2.24) is 9.69 Å². The van der Waals surface area contributed by atoms with Gasteiger partial charge in [-0.3, -0.25) is 4.79 Å². The number of hydrogen-bond acceptors (Lipinski definition) is 6. The first-order valence-electron chi connectivity index (χ1n) is 6.94. The summed E-state index contributed by atoms with van der Waals surface area (Å²) in [5.41, 5.74) is 6.41. The molecule has 0 bridgehead atoms. The predicted octanol–water partition coefficient (Wildman–Crippen LogP) is 2.36. The number of nitrogens with two attached hydrogens (primary N) is 1. The number of nitrogen functional groups attached to an aromatic ring is 1. The lowest BCUT2D eigenvalue weighted by Crippen LogP contribution is -2.28. The van der Waals surface area contributed by atoms with Crippen LogP contribution in [0.5, 0.6) is 0 Å². The number of carbonyl (C=O) groups is 1. The second-order valence-electron chi connectivity index (χ2n) is 5.25. The molecule has 2 aromatic rings. The third-order valence-electron chi connectivity index (χ3n) is 3.46. The molecular formula is C14H18N4OS2. The summed E-state index contributed by atoms with van der Waals surface area (Å²) in [5.74, 6) is 0.234. The number of carbonyl (C=O) groups excluding carboxylic acids is 1. The molecule has 0 aromatic carbocycles. The molecule has 0 aliphatic heterocycles. The maximum Gasteiger partial charge on any atom is 0.258 e. The van der Waals surface area contributed by atoms with Crippen molar-refractivity contribution in [2.24, 2.45) is 0 Å². The molecule has 0 atom stereocenters. The van der Waals surface area contributed by atoms with E-state index in [1.54, 1.807) is 11.3 Å². The van der Waals surface area contributed by atoms with E-state index in [2.05, 4.69) is 32.1 Å². The van der Waals surface area contributed by atoms with Gasteiger partial charge in [0.25, 0.3) is 5.91 Å². The van der Waals surface area contributed by atoms with E-state index in [4.69, 9.17) is 5.73 Å². The van der Waals surface area contributed by atoms with Crippen LogP contribution in [-0.2, 0) is 6.42 Å². The largest absolute Gasteiger partial charge is 0.382 e. The van der Waals surface area contributed by atoms with E-state index in [0.29, 0.717) is 17.4 Å². The Morgan fingerprint density at radius 3 is 3.05 bits per heavy atom. The Kier molecular flexibility index (Phi) is 4.12. The highest BCUT2D eigenvalue weighted by Crippen LogP contribution is 2.31. The van der Waals surface area contributed by atoms with Crippen LogP contribution < -0.4 is 16.0 Å². The van der Waals surface area contributed by atoms with Gasteiger partial charge in [0.15, 0.2) is 5.82 Å². The van der Waals surface area contributed by atoms with Gasteiger partial charge >= 0.3 is 0 Å². The number of likely N-dealkylation sites (N-methyl/N-ethyl adjacent to an activating group) is 1. The second-order valence-corrected chi connectivity index (χ2v) is 7.03. The molecule has 1 fully saturated rings. The summed E-state index contributed by atoms with van der Waals surface area (Å²) >= 11 is 3.04. The molecule has 7 heteroatoms. The molecule has 1 saturated carbocycles. The van der Waals surface area contributed by atoms with E-state index in [9.17, 15) is 4.79 Å². The monoisotopic (exact) mass is 322 g/mol. The van der Waals surface area contributed by atoms with Crippen molar-refractivity contribution in [1.29, 1.82) is 0 Å². The van der Waals surface area contributed by atoms with Gasteiger partial charge in [-0.2, -0.15) is 4.37 Å². The average Bonchev–Trinajstić information content (AvgIpc) is 2.98. The number of aromatic nitrogens is 1. The summed E-state index contributed by atoms with van der Waals surface area (Å²) in [6, 6.07) is 4.50. The maximum atomic E-state index is 12.3. The Balaban J connectivity index is 1.70. The van der Waals surface area contributed by atoms with Gasteiger partial charge in [-0.15, -0.1) is 11.3 Å². The fourth-order valence-corrected chi connectivity index (χ4v) is 3.58. The van der Waals surface area contributed by atoms with Crippen molar-refractivity contribution < 1.29 is 4.79 Å². The van der Waals surface area contributed by atoms with Crippen LogP contribution in [0.2, 0.25) is 0 Å². The van der Waals surface area contributed by atoms with E-state index in [-0.39, 0.29) is 5.91 Å². The Labute approximate surface area is 131 Å². The third-order valence-corrected chi connectivity index (χ3v) is 5.37. The summed E-state index contributed by atoms with van der Waals surface area (Å²) < 4.78 is 4.15. The molecule has 0 saturated heterocycles. The highest BCUT2D eigenvalue weighted by atomic mass is 32.1. The van der Waals surface area contributed by atoms with Gasteiger partial charge in [-0.05, 0) is 42.2 Å². The lowest BCUT2D eigenvalue weighted by molar-refractivity contribution is 0.0952. The molecule has 1 aliphatic rings. The second kappa shape index (κ2) is 6.03. The number of nitrogens with zero attached hydrogens (tertiary/aromatic N) is 2. The first-order chi connectivity index (χ1) is 10.1. The number of hydrogen-bond donors (Lipinski definition) is 2. The van der Waals surface area contributed by atoms with Crippen LogP contribution in [0.15, 0.2) is 17.5 Å². The van der Waals surface area contributed by atoms with Crippen molar-refractivity contribution in [2.75, 3.05) is 24.2 Å². The summed E-state index contributed by atoms with van der Waals surface area (Å²) in [7, 11) is 1.98. The quantitative estimate of drug-likeness (QED) is 0.856. The average molecular weight is 322 g/mol. The molecule has 0 radical (unpaired) electrons. The van der Waals surface area contributed by atoms with Crippen LogP contribution >= 0.6 is 22.9 Å². The zero-order chi connectivity index (χ0) is 14.8. The molecule has 5 nitrogen and oxygen atoms in total. The Hall–Kier alpha value is -1.60. The van der Waals surface area contributed by atoms with Crippen LogP contribution in [0.25, 0.3) is 0 Å². The van der Waals surface area contributed by atoms with E-state index in [0.717, 1.165) is 30.8 Å². The van der Waals surface area contributed by atoms with Crippen molar-refractivity contribution >= 4 is 39.6 Å². The number of amides is 1. The first-order valence-corrected chi connectivity index (χ1v) is 8.60. The Morgan fingerprint density at radius 1 is 1.57 bits per heavy atom. The summed E-state index contributed by atoms with van der Waals surface area (Å²) in [4.78, 5) is 15.7. The zero-order valence-electron chi connectivity index (χ0n) is 11.8. The molecule has 21 heavy (non-hydrogen) atoms. The van der Waals surface area contributed by atoms with E-state index in [1.165, 1.54) is 16.4 Å². The lowest BCUT2D eigenvalue weighted by atomic mass is 10.2. The molecule has 0 unspecified atom stereocenters. The SMILES string of the molecule is CN(CCc1cccs1)c1snc(N)c1C(=O)NC1CC1. The van der Waals surface area contributed by atoms with Crippen molar-refractivity contribution in [3.05, 3.63) is 28.0 Å². The third kappa shape index (κ3) is 3.36. The normalized spacial score (nSPS) is 14.1. The number of rotatable bonds is 6. The minimum absolute atomic E-state index is 0.0956. The fourth-order valence-electron chi connectivity index (χ4n) is 2.09. The molecule has 112 valence electrons. The summed E-state index contributed by atoms with van der Waals surface area (Å²) in [6.45, 7) is 0.839. The molecular weight excluding hydrogens is 304 g/mol. The molecule has 0 spiro atoms. The topological polar surface area (TPSA) is 71.2 Å². The molecule has 2 heterocycles. The Bertz CT molecular complexity index is 619. The van der Waals surface area contributed by atoms with Crippen LogP contribution in [-0.4, -0.2) is 29.9 Å². The van der Waals surface area contributed by atoms with Gasteiger partial charge in [0.05, 0.1) is 0 Å². The zero-order valence-corrected chi connectivity index (χ0v) is 13.5. The van der Waals surface area contributed by atoms with Gasteiger partial charge in [-0.25, -0.2) is 0 Å². The Morgan fingerprint density at radius 2 is 2.38 bits per heavy atom. The molecule has 2 aromatic heterocycles. The van der Waals surface area contributed by atoms with Crippen LogP contribution in [0, 0.1) is 0 Å². The molecule has 1 amide bonds. The van der Waals surface area contributed by atoms with Gasteiger partial charge in [0.1, 0.15) is 10.6 Å². The van der Waals surface area contributed by atoms with Crippen LogP contribution in [0.4, 0.5) is 10.8 Å². The standard InChI is InChI=1S/C14H18N4OS2/c1-18(7-6-10-3-2-8-20-10)14-11(12(15)17-21-14)13(19)16-9-4-5-9/h2-3,8-9H,4-7H2,1H3,(H2,15,17)(H,16,19). The number of thiophene rings is 1. The summed E-state index contributed by atoms with van der Waals surface area (Å²) in [6.07, 6.45) is 3.08. The lowest BCUT2D eigenvalue weighted by Gasteiger charge is -2.18. The summed E-state index contributed by atoms with van der Waals surface area (Å²) in [5, 5.41) is 5.91. The van der Waals surface area contributed by atoms with Crippen molar-refractivity contribution in [2.45, 2.75) is 25.3 Å². The van der Waals surface area contributed by atoms with E-state index < -0.39 is 0 Å². The molecule has 3 N–H and O–H groups in total. The number of nitrogens with one attached hydrogen (secondary N) is 1. The van der Waals surface area contributed by atoms with Gasteiger partial charge in [0, 0.05) is 24.5 Å². The van der Waals surface area contributed by atoms with Gasteiger partial charge < -0.3 is 16.0 Å². The smallest absolute Gasteiger partial charge is 0.258 e. The minimum Gasteiger partial charge on any atom is -0.382 e. The first kappa shape index (κ1) is 14.3. The highest BCUT2D eigenvalue weighted by molar-refractivity contribution is 7.11. The molecule has 3 rings (SSSR count). The van der Waals surface area contributed by atoms with Gasteiger partial charge in [0.2, 0.25) is 0 Å². The van der Waals surface area contributed by atoms with Gasteiger partial charge in [-0.1, -0.05) is 6.07 Å². The highest BCUT2D eigenvalue weighted by Gasteiger charge is 2.28. The minimum atomic E-state index is -0.0956. The van der Waals surface area contributed by atoms with Crippen LogP contribution in [0.1, 0.15) is 28.1 Å². The van der Waals surface area contributed by atoms with Crippen LogP contribution in [0.3, 0.4) is 0 Å². The number of anilines is 2. The fraction of sp³-hybridized carbons (Fsp3) is 0.429. The molecule has 1 aliphatic carbocycles. The van der Waals surface area contributed by atoms with E-state index >= 15 is 0 Å². The van der Waals surface area contributed by atoms with Crippen molar-refractivity contribution in [3.8, 4) is 0 Å². The van der Waals surface area contributed by atoms with Crippen molar-refractivity contribution in [3.63, 3.8) is 0 Å². The maximum absolute atomic E-state index is 12.3.